The second kappa shape index (κ2) is 5.52. The lowest BCUT2D eigenvalue weighted by Crippen LogP contribution is -1.82. The zero-order chi connectivity index (χ0) is 13.4. The van der Waals surface area contributed by atoms with Crippen molar-refractivity contribution in [3.05, 3.63) is 67.3 Å². The van der Waals surface area contributed by atoms with Crippen LogP contribution in [0.25, 0.3) is 9.81 Å². The van der Waals surface area contributed by atoms with Gasteiger partial charge in [-0.3, -0.25) is 0 Å². The van der Waals surface area contributed by atoms with Crippen LogP contribution in [-0.4, -0.2) is 9.97 Å². The summed E-state index contributed by atoms with van der Waals surface area (Å²) in [7, 11) is 0. The van der Waals surface area contributed by atoms with E-state index < -0.39 is 0 Å². The molecule has 0 fully saturated rings. The van der Waals surface area contributed by atoms with Crippen LogP contribution in [0.1, 0.15) is 11.4 Å². The van der Waals surface area contributed by atoms with Gasteiger partial charge in [0, 0.05) is 12.4 Å². The summed E-state index contributed by atoms with van der Waals surface area (Å²) in [6.45, 7) is 0. The number of H-pyrrole nitrogens is 2. The monoisotopic (exact) mass is 334 g/mol. The number of nitrogens with one attached hydrogen (secondary N) is 2. The summed E-state index contributed by atoms with van der Waals surface area (Å²) < 4.78 is 2.75. The van der Waals surface area contributed by atoms with Gasteiger partial charge in [0.25, 0.3) is 0 Å². The Morgan fingerprint density at radius 3 is 1.70 bits per heavy atom. The number of hydrogen-bond acceptors (Lipinski definition) is 4. The predicted molar refractivity (Wildman–Crippen MR) is 94.9 cm³/mol. The third-order valence-corrected chi connectivity index (χ3v) is 8.17. The maximum absolute atomic E-state index is 3.32. The van der Waals surface area contributed by atoms with Gasteiger partial charge in [0.05, 0.1) is 29.7 Å². The largest absolute Gasteiger partial charge is 0.361 e. The summed E-state index contributed by atoms with van der Waals surface area (Å²) in [5, 5.41) is 4.30. The summed E-state index contributed by atoms with van der Waals surface area (Å²) in [5.41, 5.74) is 2.37. The standard InChI is InChI=1S/C14H10N2S4/c1-3-9(15-5-1)11-12(10-4-2-6-16-10)20-14(19-11)13-17-7-8-18-13/h1-8,15-16H. The zero-order valence-electron chi connectivity index (χ0n) is 10.3. The first-order chi connectivity index (χ1) is 9.92. The zero-order valence-corrected chi connectivity index (χ0v) is 13.5. The molecule has 0 saturated carbocycles. The smallest absolute Gasteiger partial charge is 0.0707 e. The van der Waals surface area contributed by atoms with E-state index in [-0.39, 0.29) is 0 Å². The van der Waals surface area contributed by atoms with Crippen molar-refractivity contribution < 1.29 is 0 Å². The van der Waals surface area contributed by atoms with Crippen LogP contribution in [0.15, 0.2) is 55.9 Å². The molecule has 0 aromatic carbocycles. The van der Waals surface area contributed by atoms with Gasteiger partial charge < -0.3 is 9.97 Å². The van der Waals surface area contributed by atoms with Crippen LogP contribution >= 0.6 is 47.0 Å². The third-order valence-electron chi connectivity index (χ3n) is 2.85. The molecule has 0 bridgehead atoms. The van der Waals surface area contributed by atoms with Crippen molar-refractivity contribution in [1.82, 2.24) is 9.97 Å². The van der Waals surface area contributed by atoms with Crippen LogP contribution in [0.5, 0.6) is 0 Å². The topological polar surface area (TPSA) is 31.6 Å². The van der Waals surface area contributed by atoms with Crippen molar-refractivity contribution in [2.75, 3.05) is 0 Å². The van der Waals surface area contributed by atoms with Crippen molar-refractivity contribution >= 4 is 56.9 Å². The van der Waals surface area contributed by atoms with Crippen LogP contribution in [0, 0.1) is 0 Å². The Labute approximate surface area is 134 Å². The Bertz CT molecular complexity index is 650. The van der Waals surface area contributed by atoms with Crippen molar-refractivity contribution in [1.29, 1.82) is 0 Å². The minimum absolute atomic E-state index is 1.18. The molecule has 100 valence electrons. The summed E-state index contributed by atoms with van der Waals surface area (Å²) in [6.07, 6.45) is 3.96. The first-order valence-electron chi connectivity index (χ1n) is 6.02. The minimum Gasteiger partial charge on any atom is -0.361 e. The van der Waals surface area contributed by atoms with E-state index in [9.17, 15) is 0 Å². The van der Waals surface area contributed by atoms with Crippen molar-refractivity contribution in [2.24, 2.45) is 0 Å². The fourth-order valence-corrected chi connectivity index (χ4v) is 6.83. The van der Waals surface area contributed by atoms with Crippen LogP contribution in [0.2, 0.25) is 0 Å². The Kier molecular flexibility index (Phi) is 3.56. The van der Waals surface area contributed by atoms with Gasteiger partial charge in [0.2, 0.25) is 0 Å². The van der Waals surface area contributed by atoms with Gasteiger partial charge in [0.15, 0.2) is 0 Å². The van der Waals surface area contributed by atoms with Gasteiger partial charge in [-0.25, -0.2) is 0 Å². The van der Waals surface area contributed by atoms with Gasteiger partial charge >= 0.3 is 0 Å². The lowest BCUT2D eigenvalue weighted by Gasteiger charge is -2.01. The first kappa shape index (κ1) is 12.9. The number of thioether (sulfide) groups is 4. The molecular weight excluding hydrogens is 324 g/mol. The number of aromatic nitrogens is 2. The molecule has 0 aliphatic carbocycles. The minimum atomic E-state index is 1.18. The summed E-state index contributed by atoms with van der Waals surface area (Å²) >= 11 is 7.35. The molecule has 6 heteroatoms. The first-order valence-corrected chi connectivity index (χ1v) is 9.41. The van der Waals surface area contributed by atoms with Crippen LogP contribution in [0.4, 0.5) is 0 Å². The molecule has 4 rings (SSSR count). The van der Waals surface area contributed by atoms with Crippen LogP contribution < -0.4 is 0 Å². The average molecular weight is 335 g/mol. The van der Waals surface area contributed by atoms with E-state index in [1.54, 1.807) is 0 Å². The van der Waals surface area contributed by atoms with Gasteiger partial charge in [-0.15, -0.1) is 0 Å². The maximum Gasteiger partial charge on any atom is 0.0707 e. The Balaban J connectivity index is 1.77. The number of rotatable bonds is 2. The second-order valence-electron chi connectivity index (χ2n) is 4.11. The van der Waals surface area contributed by atoms with Gasteiger partial charge in [-0.2, -0.15) is 0 Å². The fourth-order valence-electron chi connectivity index (χ4n) is 1.98. The fraction of sp³-hybridized carbons (Fsp3) is 0. The lowest BCUT2D eigenvalue weighted by molar-refractivity contribution is 1.36. The van der Waals surface area contributed by atoms with Crippen molar-refractivity contribution in [3.8, 4) is 0 Å². The molecule has 20 heavy (non-hydrogen) atoms. The highest BCUT2D eigenvalue weighted by Gasteiger charge is 2.27. The predicted octanol–water partition coefficient (Wildman–Crippen LogP) is 5.73. The molecule has 0 radical (unpaired) electrons. The molecule has 2 N–H and O–H groups in total. The molecule has 0 unspecified atom stereocenters. The summed E-state index contributed by atoms with van der Waals surface area (Å²) in [5.74, 6) is 0. The van der Waals surface area contributed by atoms with E-state index in [0.717, 1.165) is 0 Å². The Hall–Kier alpha value is -0.820. The van der Waals surface area contributed by atoms with Gasteiger partial charge in [0.1, 0.15) is 0 Å². The molecular formula is C14H10N2S4. The molecule has 4 heterocycles. The number of aromatic amines is 2. The average Bonchev–Trinajstić information content (AvgIpc) is 3.22. The lowest BCUT2D eigenvalue weighted by atomic mass is 10.3. The second-order valence-corrected chi connectivity index (χ2v) is 8.50. The highest BCUT2D eigenvalue weighted by atomic mass is 32.2. The maximum atomic E-state index is 3.32. The van der Waals surface area contributed by atoms with E-state index in [2.05, 4.69) is 32.9 Å². The normalized spacial score (nSPS) is 18.6. The van der Waals surface area contributed by atoms with E-state index in [1.807, 2.05) is 71.6 Å². The van der Waals surface area contributed by atoms with E-state index >= 15 is 0 Å². The van der Waals surface area contributed by atoms with Gasteiger partial charge in [-0.1, -0.05) is 47.0 Å². The molecule has 2 aromatic heterocycles. The van der Waals surface area contributed by atoms with Crippen LogP contribution in [-0.2, 0) is 0 Å². The van der Waals surface area contributed by atoms with Gasteiger partial charge in [-0.05, 0) is 35.1 Å². The van der Waals surface area contributed by atoms with E-state index in [4.69, 9.17) is 0 Å². The molecule has 0 saturated heterocycles. The highest BCUT2D eigenvalue weighted by molar-refractivity contribution is 8.37. The van der Waals surface area contributed by atoms with Crippen molar-refractivity contribution in [3.63, 3.8) is 0 Å². The van der Waals surface area contributed by atoms with E-state index in [1.165, 1.54) is 29.7 Å². The number of hydrogen-bond donors (Lipinski definition) is 2. The Morgan fingerprint density at radius 1 is 0.700 bits per heavy atom. The van der Waals surface area contributed by atoms with E-state index in [0.29, 0.717) is 0 Å². The molecule has 2 aromatic rings. The SMILES string of the molecule is C1=CSC(=C2SC(c3ccc[nH]3)=C(c3ccc[nH]3)S2)S1. The molecule has 0 amide bonds. The highest BCUT2D eigenvalue weighted by Crippen LogP contribution is 2.61. The summed E-state index contributed by atoms with van der Waals surface area (Å²) in [4.78, 5) is 9.26. The molecule has 0 atom stereocenters. The molecule has 0 spiro atoms. The van der Waals surface area contributed by atoms with Crippen molar-refractivity contribution in [2.45, 2.75) is 0 Å². The third kappa shape index (κ3) is 2.30. The molecule has 2 aliphatic rings. The Morgan fingerprint density at radius 2 is 1.25 bits per heavy atom. The molecule has 2 nitrogen and oxygen atoms in total. The molecule has 2 aliphatic heterocycles. The quantitative estimate of drug-likeness (QED) is 0.735. The summed E-state index contributed by atoms with van der Waals surface area (Å²) in [6, 6.07) is 8.36. The van der Waals surface area contributed by atoms with Crippen LogP contribution in [0.3, 0.4) is 0 Å².